The van der Waals surface area contributed by atoms with E-state index in [4.69, 9.17) is 11.6 Å². The highest BCUT2D eigenvalue weighted by molar-refractivity contribution is 6.31. The van der Waals surface area contributed by atoms with Crippen LogP contribution >= 0.6 is 11.6 Å². The third-order valence-corrected chi connectivity index (χ3v) is 4.02. The van der Waals surface area contributed by atoms with E-state index in [-0.39, 0.29) is 0 Å². The van der Waals surface area contributed by atoms with E-state index in [0.29, 0.717) is 0 Å². The summed E-state index contributed by atoms with van der Waals surface area (Å²) in [5, 5.41) is 5.67. The Balaban J connectivity index is 1.85. The molecule has 1 fully saturated rings. The number of hydrogen-bond donors (Lipinski definition) is 1. The number of hydrogen-bond acceptors (Lipinski definition) is 1. The minimum atomic E-state index is 0.733. The molecule has 1 aromatic heterocycles. The fourth-order valence-corrected chi connectivity index (χ4v) is 2.56. The fourth-order valence-electron chi connectivity index (χ4n) is 2.39. The van der Waals surface area contributed by atoms with Crippen LogP contribution in [0, 0.1) is 0 Å². The Morgan fingerprint density at radius 1 is 1.35 bits per heavy atom. The lowest BCUT2D eigenvalue weighted by molar-refractivity contribution is 0.336. The second-order valence-corrected chi connectivity index (χ2v) is 5.34. The van der Waals surface area contributed by atoms with Crippen LogP contribution in [0.3, 0.4) is 0 Å². The molecule has 17 heavy (non-hydrogen) atoms. The van der Waals surface area contributed by atoms with Gasteiger partial charge in [0, 0.05) is 35.9 Å². The molecule has 0 radical (unpaired) electrons. The summed E-state index contributed by atoms with van der Waals surface area (Å²) in [7, 11) is 2.11. The first-order chi connectivity index (χ1) is 8.24. The number of nitrogens with one attached hydrogen (secondary N) is 1. The second-order valence-electron chi connectivity index (χ2n) is 4.91. The van der Waals surface area contributed by atoms with Crippen molar-refractivity contribution in [2.75, 3.05) is 0 Å². The molecule has 90 valence electrons. The summed E-state index contributed by atoms with van der Waals surface area (Å²) < 4.78 is 2.23. The number of aromatic nitrogens is 1. The van der Waals surface area contributed by atoms with Crippen LogP contribution < -0.4 is 5.32 Å². The van der Waals surface area contributed by atoms with Gasteiger partial charge in [0.2, 0.25) is 0 Å². The molecule has 0 atom stereocenters. The average molecular weight is 249 g/mol. The smallest absolute Gasteiger partial charge is 0.0495 e. The topological polar surface area (TPSA) is 17.0 Å². The van der Waals surface area contributed by atoms with E-state index >= 15 is 0 Å². The molecule has 0 aliphatic heterocycles. The van der Waals surface area contributed by atoms with Crippen molar-refractivity contribution in [2.45, 2.75) is 31.8 Å². The maximum atomic E-state index is 6.03. The van der Waals surface area contributed by atoms with Crippen LogP contribution in [-0.4, -0.2) is 10.6 Å². The molecule has 0 bridgehead atoms. The van der Waals surface area contributed by atoms with E-state index in [2.05, 4.69) is 29.1 Å². The van der Waals surface area contributed by atoms with Gasteiger partial charge < -0.3 is 9.88 Å². The minimum absolute atomic E-state index is 0.733. The van der Waals surface area contributed by atoms with Crippen LogP contribution in [0.1, 0.15) is 25.0 Å². The number of aryl methyl sites for hydroxylation is 1. The van der Waals surface area contributed by atoms with E-state index in [9.17, 15) is 0 Å². The van der Waals surface area contributed by atoms with E-state index in [1.54, 1.807) is 0 Å². The predicted molar refractivity (Wildman–Crippen MR) is 72.4 cm³/mol. The summed E-state index contributed by atoms with van der Waals surface area (Å²) in [4.78, 5) is 0. The van der Waals surface area contributed by atoms with Crippen LogP contribution in [0.5, 0.6) is 0 Å². The van der Waals surface area contributed by atoms with E-state index < -0.39 is 0 Å². The monoisotopic (exact) mass is 248 g/mol. The quantitative estimate of drug-likeness (QED) is 0.880. The van der Waals surface area contributed by atoms with Gasteiger partial charge in [-0.15, -0.1) is 0 Å². The summed E-state index contributed by atoms with van der Waals surface area (Å²) in [5.74, 6) is 0. The lowest BCUT2D eigenvalue weighted by Crippen LogP contribution is -2.34. The molecule has 1 aromatic carbocycles. The summed E-state index contributed by atoms with van der Waals surface area (Å²) >= 11 is 6.03. The maximum absolute atomic E-state index is 6.03. The zero-order valence-electron chi connectivity index (χ0n) is 10.0. The highest BCUT2D eigenvalue weighted by Gasteiger charge is 2.17. The Labute approximate surface area is 107 Å². The first-order valence-electron chi connectivity index (χ1n) is 6.21. The molecule has 0 unspecified atom stereocenters. The van der Waals surface area contributed by atoms with Gasteiger partial charge in [-0.2, -0.15) is 0 Å². The van der Waals surface area contributed by atoms with Gasteiger partial charge in [0.05, 0.1) is 0 Å². The van der Waals surface area contributed by atoms with Crippen molar-refractivity contribution in [1.82, 2.24) is 9.88 Å². The van der Waals surface area contributed by atoms with Crippen LogP contribution in [-0.2, 0) is 13.6 Å². The molecule has 1 N–H and O–H groups in total. The van der Waals surface area contributed by atoms with Gasteiger partial charge in [0.25, 0.3) is 0 Å². The van der Waals surface area contributed by atoms with Gasteiger partial charge in [-0.1, -0.05) is 24.1 Å². The molecule has 0 spiro atoms. The Morgan fingerprint density at radius 3 is 2.88 bits per heavy atom. The van der Waals surface area contributed by atoms with Crippen molar-refractivity contribution in [3.63, 3.8) is 0 Å². The van der Waals surface area contributed by atoms with E-state index in [1.807, 2.05) is 12.1 Å². The minimum Gasteiger partial charge on any atom is -0.346 e. The summed E-state index contributed by atoms with van der Waals surface area (Å²) in [6.07, 6.45) is 4.04. The average Bonchev–Trinajstić information content (AvgIpc) is 2.55. The van der Waals surface area contributed by atoms with Gasteiger partial charge in [0.1, 0.15) is 0 Å². The molecule has 3 rings (SSSR count). The zero-order valence-corrected chi connectivity index (χ0v) is 10.8. The van der Waals surface area contributed by atoms with E-state index in [1.165, 1.54) is 35.9 Å². The first kappa shape index (κ1) is 11.1. The normalized spacial score (nSPS) is 16.4. The molecule has 1 heterocycles. The third kappa shape index (κ3) is 2.07. The van der Waals surface area contributed by atoms with Crippen LogP contribution in [0.2, 0.25) is 5.02 Å². The summed E-state index contributed by atoms with van der Waals surface area (Å²) in [6, 6.07) is 9.05. The lowest BCUT2D eigenvalue weighted by Gasteiger charge is -2.26. The molecule has 0 saturated heterocycles. The van der Waals surface area contributed by atoms with Gasteiger partial charge in [-0.05, 0) is 36.4 Å². The Hall–Kier alpha value is -0.990. The van der Waals surface area contributed by atoms with Crippen molar-refractivity contribution < 1.29 is 0 Å². The SMILES string of the molecule is Cn1c(CNC2CCC2)cc2ccc(Cl)cc21. The van der Waals surface area contributed by atoms with Crippen LogP contribution in [0.4, 0.5) is 0 Å². The van der Waals surface area contributed by atoms with Gasteiger partial charge >= 0.3 is 0 Å². The number of rotatable bonds is 3. The highest BCUT2D eigenvalue weighted by atomic mass is 35.5. The molecular weight excluding hydrogens is 232 g/mol. The van der Waals surface area contributed by atoms with Crippen molar-refractivity contribution in [2.24, 2.45) is 7.05 Å². The first-order valence-corrected chi connectivity index (χ1v) is 6.59. The summed E-state index contributed by atoms with van der Waals surface area (Å²) in [6.45, 7) is 0.952. The standard InChI is InChI=1S/C14H17ClN2/c1-17-13(9-16-12-3-2-4-12)7-10-5-6-11(15)8-14(10)17/h5-8,12,16H,2-4,9H2,1H3. The number of benzene rings is 1. The van der Waals surface area contributed by atoms with Crippen LogP contribution in [0.15, 0.2) is 24.3 Å². The van der Waals surface area contributed by atoms with E-state index in [0.717, 1.165) is 17.6 Å². The highest BCUT2D eigenvalue weighted by Crippen LogP contribution is 2.23. The van der Waals surface area contributed by atoms with Gasteiger partial charge in [-0.3, -0.25) is 0 Å². The van der Waals surface area contributed by atoms with Crippen molar-refractivity contribution in [3.8, 4) is 0 Å². The molecule has 2 aromatic rings. The van der Waals surface area contributed by atoms with Crippen molar-refractivity contribution in [1.29, 1.82) is 0 Å². The zero-order chi connectivity index (χ0) is 11.8. The molecule has 1 saturated carbocycles. The Kier molecular flexibility index (Phi) is 2.85. The largest absolute Gasteiger partial charge is 0.346 e. The second kappa shape index (κ2) is 4.35. The number of fused-ring (bicyclic) bond motifs is 1. The molecule has 1 aliphatic rings. The third-order valence-electron chi connectivity index (χ3n) is 3.78. The molecular formula is C14H17ClN2. The Bertz CT molecular complexity index is 540. The maximum Gasteiger partial charge on any atom is 0.0495 e. The fraction of sp³-hybridized carbons (Fsp3) is 0.429. The predicted octanol–water partition coefficient (Wildman–Crippen LogP) is 3.47. The van der Waals surface area contributed by atoms with Gasteiger partial charge in [-0.25, -0.2) is 0 Å². The summed E-state index contributed by atoms with van der Waals surface area (Å²) in [5.41, 5.74) is 2.54. The van der Waals surface area contributed by atoms with Crippen molar-refractivity contribution >= 4 is 22.5 Å². The molecule has 0 amide bonds. The van der Waals surface area contributed by atoms with Crippen molar-refractivity contribution in [3.05, 3.63) is 35.0 Å². The molecule has 2 nitrogen and oxygen atoms in total. The lowest BCUT2D eigenvalue weighted by atomic mass is 9.93. The number of halogens is 1. The number of nitrogens with zero attached hydrogens (tertiary/aromatic N) is 1. The molecule has 1 aliphatic carbocycles. The molecule has 3 heteroatoms. The van der Waals surface area contributed by atoms with Crippen LogP contribution in [0.25, 0.3) is 10.9 Å². The van der Waals surface area contributed by atoms with Gasteiger partial charge in [0.15, 0.2) is 0 Å². The Morgan fingerprint density at radius 2 is 2.18 bits per heavy atom.